The maximum atomic E-state index is 12.2. The highest BCUT2D eigenvalue weighted by atomic mass is 35.5. The molecule has 6 nitrogen and oxygen atoms in total. The molecule has 1 saturated heterocycles. The molecule has 0 spiro atoms. The summed E-state index contributed by atoms with van der Waals surface area (Å²) >= 11 is 11.8. The molecule has 0 aromatic heterocycles. The fraction of sp³-hybridized carbons (Fsp3) is 0.412. The van der Waals surface area contributed by atoms with E-state index in [0.717, 1.165) is 0 Å². The van der Waals surface area contributed by atoms with Crippen LogP contribution in [0.25, 0.3) is 0 Å². The zero-order valence-corrected chi connectivity index (χ0v) is 15.4. The van der Waals surface area contributed by atoms with E-state index in [2.05, 4.69) is 11.9 Å². The van der Waals surface area contributed by atoms with Crippen LogP contribution in [0.3, 0.4) is 0 Å². The summed E-state index contributed by atoms with van der Waals surface area (Å²) in [4.78, 5) is 27.6. The van der Waals surface area contributed by atoms with Crippen LogP contribution in [0, 0.1) is 0 Å². The number of hydrogen-bond donors (Lipinski definition) is 1. The second-order valence-electron chi connectivity index (χ2n) is 5.61. The third-order valence-electron chi connectivity index (χ3n) is 3.79. The Morgan fingerprint density at radius 2 is 1.92 bits per heavy atom. The van der Waals surface area contributed by atoms with Gasteiger partial charge in [0.05, 0.1) is 16.6 Å². The van der Waals surface area contributed by atoms with E-state index in [0.29, 0.717) is 55.1 Å². The minimum atomic E-state index is -0.0955. The van der Waals surface area contributed by atoms with E-state index in [1.165, 1.54) is 0 Å². The van der Waals surface area contributed by atoms with Gasteiger partial charge in [0.1, 0.15) is 5.75 Å². The van der Waals surface area contributed by atoms with Crippen LogP contribution in [-0.4, -0.2) is 67.5 Å². The van der Waals surface area contributed by atoms with E-state index < -0.39 is 0 Å². The summed E-state index contributed by atoms with van der Waals surface area (Å²) < 4.78 is 5.47. The van der Waals surface area contributed by atoms with Crippen molar-refractivity contribution in [2.75, 3.05) is 45.9 Å². The summed E-state index contributed by atoms with van der Waals surface area (Å²) in [6.07, 6.45) is 1.64. The summed E-state index contributed by atoms with van der Waals surface area (Å²) in [5.41, 5.74) is 0. The molecule has 0 aliphatic carbocycles. The van der Waals surface area contributed by atoms with Crippen LogP contribution in [-0.2, 0) is 9.59 Å². The van der Waals surface area contributed by atoms with Gasteiger partial charge in [0.25, 0.3) is 5.91 Å². The van der Waals surface area contributed by atoms with Gasteiger partial charge in [-0.1, -0.05) is 29.3 Å². The van der Waals surface area contributed by atoms with Crippen molar-refractivity contribution in [3.63, 3.8) is 0 Å². The smallest absolute Gasteiger partial charge is 0.260 e. The maximum Gasteiger partial charge on any atom is 0.260 e. The number of piperazine rings is 1. The minimum absolute atomic E-state index is 0.0392. The molecular formula is C17H21Cl2N3O3. The first-order valence-electron chi connectivity index (χ1n) is 7.95. The predicted molar refractivity (Wildman–Crippen MR) is 98.2 cm³/mol. The van der Waals surface area contributed by atoms with E-state index in [1.54, 1.807) is 29.2 Å². The predicted octanol–water partition coefficient (Wildman–Crippen LogP) is 1.82. The van der Waals surface area contributed by atoms with Crippen molar-refractivity contribution in [1.29, 1.82) is 0 Å². The molecule has 1 heterocycles. The van der Waals surface area contributed by atoms with Crippen molar-refractivity contribution >= 4 is 35.0 Å². The van der Waals surface area contributed by atoms with Gasteiger partial charge in [-0.05, 0) is 12.1 Å². The highest BCUT2D eigenvalue weighted by Crippen LogP contribution is 2.26. The Balaban J connectivity index is 1.72. The van der Waals surface area contributed by atoms with Gasteiger partial charge in [-0.25, -0.2) is 0 Å². The molecule has 0 saturated carbocycles. The Bertz CT molecular complexity index is 632. The lowest BCUT2D eigenvalue weighted by Crippen LogP contribution is -2.52. The molecule has 1 N–H and O–H groups in total. The lowest BCUT2D eigenvalue weighted by Gasteiger charge is -2.34. The van der Waals surface area contributed by atoms with Crippen LogP contribution in [0.15, 0.2) is 30.9 Å². The summed E-state index contributed by atoms with van der Waals surface area (Å²) in [5, 5.41) is 3.56. The summed E-state index contributed by atoms with van der Waals surface area (Å²) in [6, 6.07) is 4.87. The topological polar surface area (TPSA) is 61.9 Å². The summed E-state index contributed by atoms with van der Waals surface area (Å²) in [5.74, 6) is 0.365. The van der Waals surface area contributed by atoms with Crippen molar-refractivity contribution in [2.45, 2.75) is 0 Å². The number of carbonyl (C=O) groups is 2. The molecule has 1 aliphatic rings. The number of hydrogen-bond acceptors (Lipinski definition) is 4. The summed E-state index contributed by atoms with van der Waals surface area (Å²) in [6.45, 7) is 6.73. The van der Waals surface area contributed by atoms with Crippen LogP contribution < -0.4 is 10.1 Å². The molecule has 0 atom stereocenters. The average Bonchev–Trinajstić information content (AvgIpc) is 2.61. The Morgan fingerprint density at radius 3 is 2.56 bits per heavy atom. The number of nitrogens with zero attached hydrogens (tertiary/aromatic N) is 2. The lowest BCUT2D eigenvalue weighted by atomic mass is 10.3. The van der Waals surface area contributed by atoms with Gasteiger partial charge < -0.3 is 15.0 Å². The SMILES string of the molecule is C=CCNC(=O)CN1CCN(C(=O)COc2ccc(Cl)c(Cl)c2)CC1. The van der Waals surface area contributed by atoms with Crippen molar-refractivity contribution in [2.24, 2.45) is 0 Å². The number of rotatable bonds is 7. The number of halogens is 2. The monoisotopic (exact) mass is 385 g/mol. The van der Waals surface area contributed by atoms with Gasteiger partial charge in [-0.3, -0.25) is 14.5 Å². The number of nitrogens with one attached hydrogen (secondary N) is 1. The van der Waals surface area contributed by atoms with Gasteiger partial charge in [0, 0.05) is 38.8 Å². The van der Waals surface area contributed by atoms with Crippen LogP contribution in [0.5, 0.6) is 5.75 Å². The van der Waals surface area contributed by atoms with Crippen LogP contribution >= 0.6 is 23.2 Å². The molecule has 0 unspecified atom stereocenters. The quantitative estimate of drug-likeness (QED) is 0.727. The van der Waals surface area contributed by atoms with Gasteiger partial charge in [0.15, 0.2) is 6.61 Å². The van der Waals surface area contributed by atoms with E-state index >= 15 is 0 Å². The second kappa shape index (κ2) is 9.65. The summed E-state index contributed by atoms with van der Waals surface area (Å²) in [7, 11) is 0. The van der Waals surface area contributed by atoms with E-state index in [-0.39, 0.29) is 18.4 Å². The number of ether oxygens (including phenoxy) is 1. The lowest BCUT2D eigenvalue weighted by molar-refractivity contribution is -0.135. The molecular weight excluding hydrogens is 365 g/mol. The third-order valence-corrected chi connectivity index (χ3v) is 4.53. The molecule has 1 fully saturated rings. The molecule has 1 aliphatic heterocycles. The van der Waals surface area contributed by atoms with Crippen molar-refractivity contribution in [1.82, 2.24) is 15.1 Å². The van der Waals surface area contributed by atoms with Gasteiger partial charge in [0.2, 0.25) is 5.91 Å². The largest absolute Gasteiger partial charge is 0.484 e. The highest BCUT2D eigenvalue weighted by molar-refractivity contribution is 6.42. The van der Waals surface area contributed by atoms with E-state index in [9.17, 15) is 9.59 Å². The zero-order valence-electron chi connectivity index (χ0n) is 13.8. The van der Waals surface area contributed by atoms with Crippen molar-refractivity contribution in [3.05, 3.63) is 40.9 Å². The van der Waals surface area contributed by atoms with Crippen LogP contribution in [0.4, 0.5) is 0 Å². The standard InChI is InChI=1S/C17H21Cl2N3O3/c1-2-5-20-16(23)11-21-6-8-22(9-7-21)17(24)12-25-13-3-4-14(18)15(19)10-13/h2-4,10H,1,5-9,11-12H2,(H,20,23). The molecule has 2 rings (SSSR count). The first-order chi connectivity index (χ1) is 12.0. The van der Waals surface area contributed by atoms with Gasteiger partial charge in [-0.15, -0.1) is 6.58 Å². The fourth-order valence-corrected chi connectivity index (χ4v) is 2.69. The molecule has 2 amide bonds. The highest BCUT2D eigenvalue weighted by Gasteiger charge is 2.22. The molecule has 0 radical (unpaired) electrons. The van der Waals surface area contributed by atoms with Crippen molar-refractivity contribution < 1.29 is 14.3 Å². The average molecular weight is 386 g/mol. The Labute approximate surface area is 157 Å². The van der Waals surface area contributed by atoms with Crippen LogP contribution in [0.2, 0.25) is 10.0 Å². The molecule has 0 bridgehead atoms. The fourth-order valence-electron chi connectivity index (χ4n) is 2.40. The van der Waals surface area contributed by atoms with Crippen molar-refractivity contribution in [3.8, 4) is 5.75 Å². The number of benzene rings is 1. The second-order valence-corrected chi connectivity index (χ2v) is 6.43. The Kier molecular flexibility index (Phi) is 7.55. The molecule has 1 aromatic carbocycles. The van der Waals surface area contributed by atoms with Gasteiger partial charge in [-0.2, -0.15) is 0 Å². The number of carbonyl (C=O) groups excluding carboxylic acids is 2. The molecule has 8 heteroatoms. The van der Waals surface area contributed by atoms with Crippen LogP contribution in [0.1, 0.15) is 0 Å². The van der Waals surface area contributed by atoms with E-state index in [4.69, 9.17) is 27.9 Å². The molecule has 136 valence electrons. The Morgan fingerprint density at radius 1 is 1.20 bits per heavy atom. The molecule has 1 aromatic rings. The first-order valence-corrected chi connectivity index (χ1v) is 8.70. The zero-order chi connectivity index (χ0) is 18.2. The number of amides is 2. The maximum absolute atomic E-state index is 12.2. The normalized spacial score (nSPS) is 14.9. The Hall–Kier alpha value is -1.76. The minimum Gasteiger partial charge on any atom is -0.484 e. The first kappa shape index (κ1) is 19.6. The third kappa shape index (κ3) is 6.23. The van der Waals surface area contributed by atoms with Gasteiger partial charge >= 0.3 is 0 Å². The molecule has 25 heavy (non-hydrogen) atoms. The van der Waals surface area contributed by atoms with E-state index in [1.807, 2.05) is 4.90 Å².